The van der Waals surface area contributed by atoms with Crippen molar-refractivity contribution < 1.29 is 9.53 Å². The number of nitrogens with zero attached hydrogens (tertiary/aromatic N) is 1. The lowest BCUT2D eigenvalue weighted by atomic mass is 10.1. The van der Waals surface area contributed by atoms with E-state index in [0.29, 0.717) is 23.1 Å². The summed E-state index contributed by atoms with van der Waals surface area (Å²) in [4.78, 5) is 16.2. The summed E-state index contributed by atoms with van der Waals surface area (Å²) in [6.45, 7) is 4.01. The van der Waals surface area contributed by atoms with Crippen LogP contribution in [-0.4, -0.2) is 36.7 Å². The third kappa shape index (κ3) is 4.35. The number of halogens is 1. The van der Waals surface area contributed by atoms with Gasteiger partial charge in [0.15, 0.2) is 0 Å². The zero-order chi connectivity index (χ0) is 14.4. The molecule has 2 heterocycles. The van der Waals surface area contributed by atoms with Crippen molar-refractivity contribution in [1.82, 2.24) is 10.3 Å². The lowest BCUT2D eigenvalue weighted by Gasteiger charge is -2.22. The normalized spacial score (nSPS) is 18.6. The van der Waals surface area contributed by atoms with E-state index in [1.807, 2.05) is 6.92 Å². The number of carbonyl (C=O) groups is 1. The zero-order valence-corrected chi connectivity index (χ0v) is 12.4. The van der Waals surface area contributed by atoms with Crippen LogP contribution < -0.4 is 10.6 Å². The van der Waals surface area contributed by atoms with Crippen LogP contribution in [0.25, 0.3) is 0 Å². The average Bonchev–Trinajstić information content (AvgIpc) is 2.45. The summed E-state index contributed by atoms with van der Waals surface area (Å²) in [5.41, 5.74) is 0.511. The van der Waals surface area contributed by atoms with Crippen LogP contribution in [0.1, 0.15) is 36.5 Å². The van der Waals surface area contributed by atoms with Crippen molar-refractivity contribution in [2.75, 3.05) is 25.0 Å². The predicted octanol–water partition coefficient (Wildman–Crippen LogP) is 2.47. The fourth-order valence-corrected chi connectivity index (χ4v) is 2.39. The lowest BCUT2D eigenvalue weighted by molar-refractivity contribution is 0.0169. The SMILES string of the molecule is CCNc1cc(C(=O)NCC2CCCCO2)cc(Cl)n1. The van der Waals surface area contributed by atoms with E-state index >= 15 is 0 Å². The smallest absolute Gasteiger partial charge is 0.251 e. The topological polar surface area (TPSA) is 63.2 Å². The summed E-state index contributed by atoms with van der Waals surface area (Å²) in [6, 6.07) is 3.27. The van der Waals surface area contributed by atoms with Gasteiger partial charge in [-0.05, 0) is 38.3 Å². The van der Waals surface area contributed by atoms with Crippen molar-refractivity contribution in [3.63, 3.8) is 0 Å². The van der Waals surface area contributed by atoms with Crippen LogP contribution >= 0.6 is 11.6 Å². The van der Waals surface area contributed by atoms with Gasteiger partial charge in [0.2, 0.25) is 0 Å². The fourth-order valence-electron chi connectivity index (χ4n) is 2.18. The van der Waals surface area contributed by atoms with E-state index in [1.54, 1.807) is 12.1 Å². The van der Waals surface area contributed by atoms with Crippen LogP contribution in [0.15, 0.2) is 12.1 Å². The molecule has 1 atom stereocenters. The third-order valence-electron chi connectivity index (χ3n) is 3.18. The molecule has 0 aromatic carbocycles. The van der Waals surface area contributed by atoms with Gasteiger partial charge in [0, 0.05) is 25.3 Å². The number of hydrogen-bond acceptors (Lipinski definition) is 4. The van der Waals surface area contributed by atoms with Crippen LogP contribution in [0.4, 0.5) is 5.82 Å². The molecule has 0 aliphatic carbocycles. The van der Waals surface area contributed by atoms with Gasteiger partial charge in [-0.25, -0.2) is 4.98 Å². The quantitative estimate of drug-likeness (QED) is 0.820. The van der Waals surface area contributed by atoms with Crippen molar-refractivity contribution in [2.24, 2.45) is 0 Å². The zero-order valence-electron chi connectivity index (χ0n) is 11.6. The van der Waals surface area contributed by atoms with Gasteiger partial charge in [-0.3, -0.25) is 4.79 Å². The van der Waals surface area contributed by atoms with Gasteiger partial charge >= 0.3 is 0 Å². The van der Waals surface area contributed by atoms with Crippen molar-refractivity contribution in [3.05, 3.63) is 22.8 Å². The van der Waals surface area contributed by atoms with Gasteiger partial charge in [0.25, 0.3) is 5.91 Å². The summed E-state index contributed by atoms with van der Waals surface area (Å²) >= 11 is 5.92. The molecule has 1 unspecified atom stereocenters. The Labute approximate surface area is 124 Å². The molecule has 6 heteroatoms. The molecule has 0 saturated carbocycles. The molecule has 0 radical (unpaired) electrons. The van der Waals surface area contributed by atoms with Gasteiger partial charge in [0.1, 0.15) is 11.0 Å². The van der Waals surface area contributed by atoms with Crippen LogP contribution in [0.5, 0.6) is 0 Å². The molecule has 20 heavy (non-hydrogen) atoms. The van der Waals surface area contributed by atoms with E-state index in [9.17, 15) is 4.79 Å². The largest absolute Gasteiger partial charge is 0.376 e. The molecule has 0 spiro atoms. The Kier molecular flexibility index (Phi) is 5.61. The van der Waals surface area contributed by atoms with Crippen molar-refractivity contribution in [3.8, 4) is 0 Å². The van der Waals surface area contributed by atoms with Crippen LogP contribution in [0.2, 0.25) is 5.15 Å². The molecule has 1 aromatic heterocycles. The number of nitrogens with one attached hydrogen (secondary N) is 2. The first-order valence-corrected chi connectivity index (χ1v) is 7.38. The van der Waals surface area contributed by atoms with Crippen LogP contribution in [-0.2, 0) is 4.74 Å². The molecule has 1 fully saturated rings. The summed E-state index contributed by atoms with van der Waals surface area (Å²) < 4.78 is 5.58. The second-order valence-corrected chi connectivity index (χ2v) is 5.18. The molecular weight excluding hydrogens is 278 g/mol. The van der Waals surface area contributed by atoms with Gasteiger partial charge < -0.3 is 15.4 Å². The Hall–Kier alpha value is -1.33. The summed E-state index contributed by atoms with van der Waals surface area (Å²) in [6.07, 6.45) is 3.39. The second-order valence-electron chi connectivity index (χ2n) is 4.79. The number of anilines is 1. The highest BCUT2D eigenvalue weighted by molar-refractivity contribution is 6.29. The van der Waals surface area contributed by atoms with Crippen molar-refractivity contribution in [2.45, 2.75) is 32.3 Å². The second kappa shape index (κ2) is 7.45. The number of pyridine rings is 1. The maximum atomic E-state index is 12.1. The van der Waals surface area contributed by atoms with E-state index in [1.165, 1.54) is 0 Å². The van der Waals surface area contributed by atoms with Crippen molar-refractivity contribution >= 4 is 23.3 Å². The maximum absolute atomic E-state index is 12.1. The molecule has 110 valence electrons. The molecule has 1 amide bonds. The minimum absolute atomic E-state index is 0.123. The molecule has 5 nitrogen and oxygen atoms in total. The van der Waals surface area contributed by atoms with Crippen LogP contribution in [0, 0.1) is 0 Å². The summed E-state index contributed by atoms with van der Waals surface area (Å²) in [7, 11) is 0. The number of hydrogen-bond donors (Lipinski definition) is 2. The Balaban J connectivity index is 1.93. The predicted molar refractivity (Wildman–Crippen MR) is 79.3 cm³/mol. The van der Waals surface area contributed by atoms with E-state index in [-0.39, 0.29) is 12.0 Å². The van der Waals surface area contributed by atoms with Crippen LogP contribution in [0.3, 0.4) is 0 Å². The first kappa shape index (κ1) is 15.1. The van der Waals surface area contributed by atoms with E-state index < -0.39 is 0 Å². The van der Waals surface area contributed by atoms with E-state index in [0.717, 1.165) is 32.4 Å². The minimum Gasteiger partial charge on any atom is -0.376 e. The number of carbonyl (C=O) groups excluding carboxylic acids is 1. The Morgan fingerprint density at radius 3 is 3.05 bits per heavy atom. The highest BCUT2D eigenvalue weighted by Gasteiger charge is 2.16. The van der Waals surface area contributed by atoms with Gasteiger partial charge in [-0.15, -0.1) is 0 Å². The molecule has 1 aliphatic heterocycles. The maximum Gasteiger partial charge on any atom is 0.251 e. The van der Waals surface area contributed by atoms with Crippen molar-refractivity contribution in [1.29, 1.82) is 0 Å². The Bertz CT molecular complexity index is 462. The number of amides is 1. The molecule has 0 bridgehead atoms. The number of aromatic nitrogens is 1. The monoisotopic (exact) mass is 297 g/mol. The van der Waals surface area contributed by atoms with Gasteiger partial charge in [-0.1, -0.05) is 11.6 Å². The molecule has 1 saturated heterocycles. The Morgan fingerprint density at radius 2 is 2.35 bits per heavy atom. The van der Waals surface area contributed by atoms with Gasteiger partial charge in [-0.2, -0.15) is 0 Å². The third-order valence-corrected chi connectivity index (χ3v) is 3.37. The standard InChI is InChI=1S/C14H20ClN3O2/c1-2-16-13-8-10(7-12(15)18-13)14(19)17-9-11-5-3-4-6-20-11/h7-8,11H,2-6,9H2,1H3,(H,16,18)(H,17,19). The molecule has 1 aliphatic rings. The highest BCUT2D eigenvalue weighted by Crippen LogP contribution is 2.15. The lowest BCUT2D eigenvalue weighted by Crippen LogP contribution is -2.35. The average molecular weight is 298 g/mol. The Morgan fingerprint density at radius 1 is 1.50 bits per heavy atom. The molecule has 2 rings (SSSR count). The summed E-state index contributed by atoms with van der Waals surface area (Å²) in [5, 5.41) is 6.24. The van der Waals surface area contributed by atoms with Gasteiger partial charge in [0.05, 0.1) is 6.10 Å². The molecule has 1 aromatic rings. The number of rotatable bonds is 5. The van der Waals surface area contributed by atoms with E-state index in [4.69, 9.17) is 16.3 Å². The van der Waals surface area contributed by atoms with E-state index in [2.05, 4.69) is 15.6 Å². The highest BCUT2D eigenvalue weighted by atomic mass is 35.5. The number of ether oxygens (including phenoxy) is 1. The summed E-state index contributed by atoms with van der Waals surface area (Å²) in [5.74, 6) is 0.460. The fraction of sp³-hybridized carbons (Fsp3) is 0.571. The molecule has 2 N–H and O–H groups in total. The minimum atomic E-state index is -0.150. The first-order chi connectivity index (χ1) is 9.69. The first-order valence-electron chi connectivity index (χ1n) is 7.00. The molecular formula is C14H20ClN3O2.